The van der Waals surface area contributed by atoms with Gasteiger partial charge in [-0.15, -0.1) is 0 Å². The van der Waals surface area contributed by atoms with E-state index in [1.54, 1.807) is 0 Å². The van der Waals surface area contributed by atoms with E-state index in [4.69, 9.17) is 0 Å². The SMILES string of the molecule is O=C1c2ccccc2CCC1Sc1nccc(=O)[nH]1. The lowest BCUT2D eigenvalue weighted by atomic mass is 9.90. The first-order valence-electron chi connectivity index (χ1n) is 6.08. The average molecular weight is 272 g/mol. The van der Waals surface area contributed by atoms with E-state index in [0.717, 1.165) is 24.0 Å². The number of rotatable bonds is 2. The van der Waals surface area contributed by atoms with Crippen molar-refractivity contribution in [2.24, 2.45) is 0 Å². The highest BCUT2D eigenvalue weighted by Gasteiger charge is 2.28. The summed E-state index contributed by atoms with van der Waals surface area (Å²) in [5.41, 5.74) is 1.71. The number of ketones is 1. The Hall–Kier alpha value is -1.88. The fraction of sp³-hybridized carbons (Fsp3) is 0.214. The highest BCUT2D eigenvalue weighted by molar-refractivity contribution is 8.00. The van der Waals surface area contributed by atoms with Gasteiger partial charge in [0, 0.05) is 17.8 Å². The van der Waals surface area contributed by atoms with Gasteiger partial charge >= 0.3 is 0 Å². The summed E-state index contributed by atoms with van der Waals surface area (Å²) in [5.74, 6) is 0.123. The number of hydrogen-bond acceptors (Lipinski definition) is 4. The van der Waals surface area contributed by atoms with Gasteiger partial charge in [0.2, 0.25) is 0 Å². The summed E-state index contributed by atoms with van der Waals surface area (Å²) in [6.07, 6.45) is 3.12. The van der Waals surface area contributed by atoms with Gasteiger partial charge < -0.3 is 4.98 Å². The summed E-state index contributed by atoms with van der Waals surface area (Å²) in [6, 6.07) is 9.06. The number of carbonyl (C=O) groups is 1. The van der Waals surface area contributed by atoms with Gasteiger partial charge in [-0.05, 0) is 18.4 Å². The molecule has 0 amide bonds. The number of aryl methyl sites for hydroxylation is 1. The highest BCUT2D eigenvalue weighted by Crippen LogP contribution is 2.31. The summed E-state index contributed by atoms with van der Waals surface area (Å²) >= 11 is 1.33. The van der Waals surface area contributed by atoms with Crippen LogP contribution in [0.1, 0.15) is 22.3 Å². The van der Waals surface area contributed by atoms with Crippen molar-refractivity contribution in [1.29, 1.82) is 0 Å². The normalized spacial score (nSPS) is 18.1. The Morgan fingerprint density at radius 1 is 1.21 bits per heavy atom. The van der Waals surface area contributed by atoms with E-state index in [0.29, 0.717) is 5.16 Å². The predicted molar refractivity (Wildman–Crippen MR) is 73.6 cm³/mol. The Bertz CT molecular complexity index is 681. The van der Waals surface area contributed by atoms with E-state index in [9.17, 15) is 9.59 Å². The fourth-order valence-corrected chi connectivity index (χ4v) is 3.25. The van der Waals surface area contributed by atoms with Crippen LogP contribution in [0.15, 0.2) is 46.5 Å². The topological polar surface area (TPSA) is 62.8 Å². The molecule has 0 spiro atoms. The molecule has 96 valence electrons. The van der Waals surface area contributed by atoms with E-state index < -0.39 is 0 Å². The zero-order valence-corrected chi connectivity index (χ0v) is 10.9. The second kappa shape index (κ2) is 5.01. The molecule has 1 aromatic heterocycles. The zero-order valence-electron chi connectivity index (χ0n) is 10.1. The average Bonchev–Trinajstić information content (AvgIpc) is 2.42. The summed E-state index contributed by atoms with van der Waals surface area (Å²) in [6.45, 7) is 0. The smallest absolute Gasteiger partial charge is 0.251 e. The summed E-state index contributed by atoms with van der Waals surface area (Å²) in [7, 11) is 0. The van der Waals surface area contributed by atoms with Crippen LogP contribution in [0.25, 0.3) is 0 Å². The van der Waals surface area contributed by atoms with Crippen LogP contribution in [0.2, 0.25) is 0 Å². The maximum Gasteiger partial charge on any atom is 0.251 e. The van der Waals surface area contributed by atoms with Crippen molar-refractivity contribution in [1.82, 2.24) is 9.97 Å². The maximum atomic E-state index is 12.4. The molecule has 1 heterocycles. The number of carbonyl (C=O) groups excluding carboxylic acids is 1. The highest BCUT2D eigenvalue weighted by atomic mass is 32.2. The Kier molecular flexibility index (Phi) is 3.21. The van der Waals surface area contributed by atoms with E-state index >= 15 is 0 Å². The second-order valence-electron chi connectivity index (χ2n) is 4.41. The quantitative estimate of drug-likeness (QED) is 0.850. The molecule has 0 saturated heterocycles. The fourth-order valence-electron chi connectivity index (χ4n) is 2.23. The molecule has 5 heteroatoms. The van der Waals surface area contributed by atoms with Crippen LogP contribution in [-0.2, 0) is 6.42 Å². The predicted octanol–water partition coefficient (Wildman–Crippen LogP) is 2.06. The molecule has 3 rings (SSSR count). The first-order valence-corrected chi connectivity index (χ1v) is 6.96. The molecule has 1 atom stereocenters. The molecule has 0 aliphatic heterocycles. The Morgan fingerprint density at radius 2 is 2.05 bits per heavy atom. The van der Waals surface area contributed by atoms with Crippen molar-refractivity contribution in [3.63, 3.8) is 0 Å². The largest absolute Gasteiger partial charge is 0.301 e. The molecule has 1 aromatic carbocycles. The monoisotopic (exact) mass is 272 g/mol. The third-order valence-corrected chi connectivity index (χ3v) is 4.32. The zero-order chi connectivity index (χ0) is 13.2. The lowest BCUT2D eigenvalue weighted by Gasteiger charge is -2.22. The summed E-state index contributed by atoms with van der Waals surface area (Å²) < 4.78 is 0. The van der Waals surface area contributed by atoms with Crippen LogP contribution in [0.5, 0.6) is 0 Å². The number of H-pyrrole nitrogens is 1. The molecule has 0 fully saturated rings. The van der Waals surface area contributed by atoms with Gasteiger partial charge in [-0.3, -0.25) is 9.59 Å². The minimum absolute atomic E-state index is 0.123. The van der Waals surface area contributed by atoms with Crippen molar-refractivity contribution in [2.75, 3.05) is 0 Å². The van der Waals surface area contributed by atoms with E-state index in [1.807, 2.05) is 24.3 Å². The van der Waals surface area contributed by atoms with Crippen molar-refractivity contribution in [3.8, 4) is 0 Å². The third-order valence-electron chi connectivity index (χ3n) is 3.15. The van der Waals surface area contributed by atoms with Crippen LogP contribution in [0.4, 0.5) is 0 Å². The first-order chi connectivity index (χ1) is 9.24. The molecular weight excluding hydrogens is 260 g/mol. The molecule has 0 radical (unpaired) electrons. The first kappa shape index (κ1) is 12.2. The third kappa shape index (κ3) is 2.46. The van der Waals surface area contributed by atoms with Gasteiger partial charge in [0.15, 0.2) is 10.9 Å². The van der Waals surface area contributed by atoms with Gasteiger partial charge in [0.05, 0.1) is 5.25 Å². The van der Waals surface area contributed by atoms with Gasteiger partial charge in [0.25, 0.3) is 5.56 Å². The number of nitrogens with one attached hydrogen (secondary N) is 1. The van der Waals surface area contributed by atoms with Crippen molar-refractivity contribution in [3.05, 3.63) is 58.0 Å². The number of nitrogens with zero attached hydrogens (tertiary/aromatic N) is 1. The van der Waals surface area contributed by atoms with Crippen LogP contribution in [0.3, 0.4) is 0 Å². The second-order valence-corrected chi connectivity index (χ2v) is 5.60. The molecule has 0 saturated carbocycles. The molecule has 19 heavy (non-hydrogen) atoms. The number of aromatic nitrogens is 2. The number of fused-ring (bicyclic) bond motifs is 1. The van der Waals surface area contributed by atoms with Crippen molar-refractivity contribution in [2.45, 2.75) is 23.2 Å². The summed E-state index contributed by atoms with van der Waals surface area (Å²) in [4.78, 5) is 30.3. The summed E-state index contributed by atoms with van der Waals surface area (Å²) in [5, 5.41) is 0.339. The van der Waals surface area contributed by atoms with Gasteiger partial charge in [-0.2, -0.15) is 0 Å². The van der Waals surface area contributed by atoms with Gasteiger partial charge in [0.1, 0.15) is 0 Å². The van der Waals surface area contributed by atoms with Gasteiger partial charge in [-0.1, -0.05) is 36.0 Å². The molecule has 0 bridgehead atoms. The van der Waals surface area contributed by atoms with Crippen molar-refractivity contribution >= 4 is 17.5 Å². The van der Waals surface area contributed by atoms with E-state index in [1.165, 1.54) is 24.0 Å². The van der Waals surface area contributed by atoms with Crippen LogP contribution in [-0.4, -0.2) is 21.0 Å². The standard InChI is InChI=1S/C14H12N2O2S/c17-12-7-8-15-14(16-12)19-11-6-5-9-3-1-2-4-10(9)13(11)18/h1-4,7-8,11H,5-6H2,(H,15,16,17). The minimum atomic E-state index is -0.193. The van der Waals surface area contributed by atoms with Crippen LogP contribution >= 0.6 is 11.8 Å². The number of benzene rings is 1. The Labute approximate surface area is 114 Å². The molecule has 1 N–H and O–H groups in total. The van der Waals surface area contributed by atoms with Crippen LogP contribution in [0, 0.1) is 0 Å². The van der Waals surface area contributed by atoms with E-state index in [-0.39, 0.29) is 16.6 Å². The van der Waals surface area contributed by atoms with E-state index in [2.05, 4.69) is 9.97 Å². The molecule has 1 aliphatic rings. The number of Topliss-reactive ketones (excluding diaryl/α,β-unsaturated/α-hetero) is 1. The van der Waals surface area contributed by atoms with Gasteiger partial charge in [-0.25, -0.2) is 4.98 Å². The number of thioether (sulfide) groups is 1. The molecule has 4 nitrogen and oxygen atoms in total. The Balaban J connectivity index is 1.85. The Morgan fingerprint density at radius 3 is 2.89 bits per heavy atom. The molecule has 1 aliphatic carbocycles. The lowest BCUT2D eigenvalue weighted by molar-refractivity contribution is 0.0979. The number of aromatic amines is 1. The molecule has 1 unspecified atom stereocenters. The molecular formula is C14H12N2O2S. The maximum absolute atomic E-state index is 12.4. The number of hydrogen-bond donors (Lipinski definition) is 1. The molecule has 2 aromatic rings. The lowest BCUT2D eigenvalue weighted by Crippen LogP contribution is -2.25. The van der Waals surface area contributed by atoms with Crippen LogP contribution < -0.4 is 5.56 Å². The minimum Gasteiger partial charge on any atom is -0.301 e. The van der Waals surface area contributed by atoms with Crippen molar-refractivity contribution < 1.29 is 4.79 Å².